The second kappa shape index (κ2) is 5.00. The number of nitrogens with zero attached hydrogens (tertiary/aromatic N) is 2. The molecule has 2 aromatic carbocycles. The first-order valence-corrected chi connectivity index (χ1v) is 10.8. The normalized spacial score (nSPS) is 12.4. The fourth-order valence-electron chi connectivity index (χ4n) is 3.99. The topological polar surface area (TPSA) is 25.8 Å². The van der Waals surface area contributed by atoms with E-state index in [4.69, 9.17) is 9.97 Å². The Hall–Kier alpha value is -1.56. The van der Waals surface area contributed by atoms with Crippen LogP contribution in [0.4, 0.5) is 0 Å². The van der Waals surface area contributed by atoms with E-state index in [2.05, 4.69) is 41.5 Å². The lowest BCUT2D eigenvalue weighted by molar-refractivity contribution is 1.33. The molecule has 0 bridgehead atoms. The molecule has 25 heavy (non-hydrogen) atoms. The lowest BCUT2D eigenvalue weighted by atomic mass is 9.99. The SMILES string of the molecule is Cc1nc2c(C)c3sc4c(C)c5nc(C)sc5c(C)c4c3c(C)c2s1. The molecule has 0 unspecified atom stereocenters. The van der Waals surface area contributed by atoms with Crippen LogP contribution in [0.2, 0.25) is 0 Å². The largest absolute Gasteiger partial charge is 0.241 e. The Labute approximate surface area is 158 Å². The predicted octanol–water partition coefficient (Wildman–Crippen LogP) is 7.12. The predicted molar refractivity (Wildman–Crippen MR) is 114 cm³/mol. The summed E-state index contributed by atoms with van der Waals surface area (Å²) >= 11 is 5.56. The molecule has 0 aliphatic rings. The molecule has 0 saturated heterocycles. The van der Waals surface area contributed by atoms with Crippen molar-refractivity contribution in [3.8, 4) is 0 Å². The Morgan fingerprint density at radius 1 is 0.480 bits per heavy atom. The minimum atomic E-state index is 1.15. The third-order valence-corrected chi connectivity index (χ3v) is 8.81. The fraction of sp³-hybridized carbons (Fsp3) is 0.300. The molecule has 0 radical (unpaired) electrons. The zero-order valence-electron chi connectivity index (χ0n) is 15.1. The molecule has 0 atom stereocenters. The van der Waals surface area contributed by atoms with Crippen LogP contribution in [0.3, 0.4) is 0 Å². The Kier molecular flexibility index (Phi) is 3.13. The molecular formula is C20H18N2S3. The Morgan fingerprint density at radius 3 is 1.28 bits per heavy atom. The van der Waals surface area contributed by atoms with E-state index >= 15 is 0 Å². The van der Waals surface area contributed by atoms with Gasteiger partial charge in [-0.2, -0.15) is 0 Å². The van der Waals surface area contributed by atoms with Crippen LogP contribution < -0.4 is 0 Å². The third-order valence-electron chi connectivity index (χ3n) is 5.20. The molecule has 3 aromatic heterocycles. The first kappa shape index (κ1) is 15.7. The standard InChI is InChI=1S/C20H18N2S3/c1-7-13-14-8(2)20-16(22-12(6)24-20)10(4)18(14)25-17(13)9(3)15-19(7)23-11(5)21-15/h1-6H3. The van der Waals surface area contributed by atoms with E-state index in [9.17, 15) is 0 Å². The van der Waals surface area contributed by atoms with Gasteiger partial charge in [0.2, 0.25) is 0 Å². The average molecular weight is 383 g/mol. The van der Waals surface area contributed by atoms with Crippen LogP contribution in [0, 0.1) is 41.5 Å². The van der Waals surface area contributed by atoms with Crippen molar-refractivity contribution in [2.24, 2.45) is 0 Å². The van der Waals surface area contributed by atoms with Crippen LogP contribution >= 0.6 is 34.0 Å². The van der Waals surface area contributed by atoms with Gasteiger partial charge >= 0.3 is 0 Å². The zero-order chi connectivity index (χ0) is 17.6. The smallest absolute Gasteiger partial charge is 0.0908 e. The molecular weight excluding hydrogens is 364 g/mol. The molecule has 0 saturated carbocycles. The van der Waals surface area contributed by atoms with Gasteiger partial charge in [-0.1, -0.05) is 0 Å². The van der Waals surface area contributed by atoms with Crippen molar-refractivity contribution in [1.29, 1.82) is 0 Å². The highest BCUT2D eigenvalue weighted by Crippen LogP contribution is 2.47. The van der Waals surface area contributed by atoms with Crippen molar-refractivity contribution in [3.05, 3.63) is 32.3 Å². The Balaban J connectivity index is 2.14. The molecule has 2 nitrogen and oxygen atoms in total. The highest BCUT2D eigenvalue weighted by molar-refractivity contribution is 7.27. The molecule has 5 heteroatoms. The van der Waals surface area contributed by atoms with Gasteiger partial charge in [0.25, 0.3) is 0 Å². The van der Waals surface area contributed by atoms with Gasteiger partial charge in [-0.3, -0.25) is 0 Å². The zero-order valence-corrected chi connectivity index (χ0v) is 17.6. The van der Waals surface area contributed by atoms with Crippen LogP contribution in [0.15, 0.2) is 0 Å². The number of aromatic nitrogens is 2. The molecule has 0 fully saturated rings. The van der Waals surface area contributed by atoms with Crippen molar-refractivity contribution in [2.75, 3.05) is 0 Å². The molecule has 0 aliphatic heterocycles. The van der Waals surface area contributed by atoms with Crippen molar-refractivity contribution < 1.29 is 0 Å². The van der Waals surface area contributed by atoms with Gasteiger partial charge in [0.15, 0.2) is 0 Å². The molecule has 3 heterocycles. The summed E-state index contributed by atoms with van der Waals surface area (Å²) in [7, 11) is 0. The van der Waals surface area contributed by atoms with Crippen molar-refractivity contribution in [3.63, 3.8) is 0 Å². The summed E-state index contributed by atoms with van der Waals surface area (Å²) in [5.74, 6) is 0. The minimum Gasteiger partial charge on any atom is -0.241 e. The van der Waals surface area contributed by atoms with Gasteiger partial charge < -0.3 is 0 Å². The van der Waals surface area contributed by atoms with E-state index in [0.29, 0.717) is 0 Å². The number of fused-ring (bicyclic) bond motifs is 5. The van der Waals surface area contributed by atoms with Crippen molar-refractivity contribution in [2.45, 2.75) is 41.5 Å². The van der Waals surface area contributed by atoms with E-state index in [0.717, 1.165) is 10.0 Å². The minimum absolute atomic E-state index is 1.15. The van der Waals surface area contributed by atoms with Gasteiger partial charge in [-0.05, 0) is 63.8 Å². The molecule has 0 aliphatic carbocycles. The van der Waals surface area contributed by atoms with E-state index in [1.54, 1.807) is 0 Å². The van der Waals surface area contributed by atoms with Gasteiger partial charge in [-0.15, -0.1) is 34.0 Å². The summed E-state index contributed by atoms with van der Waals surface area (Å²) in [6.45, 7) is 13.2. The second-order valence-electron chi connectivity index (χ2n) is 6.83. The van der Waals surface area contributed by atoms with Crippen LogP contribution in [0.25, 0.3) is 40.6 Å². The lowest BCUT2D eigenvalue weighted by Gasteiger charge is -2.06. The van der Waals surface area contributed by atoms with Crippen LogP contribution in [-0.2, 0) is 0 Å². The van der Waals surface area contributed by atoms with Crippen LogP contribution in [0.5, 0.6) is 0 Å². The number of benzene rings is 2. The van der Waals surface area contributed by atoms with Gasteiger partial charge in [-0.25, -0.2) is 9.97 Å². The number of thiophene rings is 1. The van der Waals surface area contributed by atoms with E-state index in [1.165, 1.54) is 62.9 Å². The molecule has 0 N–H and O–H groups in total. The number of aryl methyl sites for hydroxylation is 6. The number of thiazole rings is 2. The first-order chi connectivity index (χ1) is 11.9. The average Bonchev–Trinajstić information content (AvgIpc) is 3.25. The maximum absolute atomic E-state index is 4.81. The highest BCUT2D eigenvalue weighted by Gasteiger charge is 2.22. The van der Waals surface area contributed by atoms with Gasteiger partial charge in [0.1, 0.15) is 0 Å². The summed E-state index contributed by atoms with van der Waals surface area (Å²) in [5.41, 5.74) is 7.79. The maximum Gasteiger partial charge on any atom is 0.0908 e. The first-order valence-electron chi connectivity index (χ1n) is 8.37. The van der Waals surface area contributed by atoms with Crippen molar-refractivity contribution in [1.82, 2.24) is 9.97 Å². The lowest BCUT2D eigenvalue weighted by Crippen LogP contribution is -1.86. The highest BCUT2D eigenvalue weighted by atomic mass is 32.1. The van der Waals surface area contributed by atoms with Crippen LogP contribution in [-0.4, -0.2) is 9.97 Å². The molecule has 126 valence electrons. The van der Waals surface area contributed by atoms with Crippen LogP contribution in [0.1, 0.15) is 32.3 Å². The monoisotopic (exact) mass is 382 g/mol. The number of rotatable bonds is 0. The quantitative estimate of drug-likeness (QED) is 0.285. The third kappa shape index (κ3) is 1.89. The summed E-state index contributed by atoms with van der Waals surface area (Å²) in [5, 5.41) is 5.16. The van der Waals surface area contributed by atoms with E-state index in [-0.39, 0.29) is 0 Å². The van der Waals surface area contributed by atoms with Gasteiger partial charge in [0.05, 0.1) is 30.4 Å². The Bertz CT molecular complexity index is 1250. The summed E-state index contributed by atoms with van der Waals surface area (Å²) < 4.78 is 5.48. The summed E-state index contributed by atoms with van der Waals surface area (Å²) in [6, 6.07) is 0. The van der Waals surface area contributed by atoms with E-state index < -0.39 is 0 Å². The fourth-order valence-corrected chi connectivity index (χ4v) is 7.37. The van der Waals surface area contributed by atoms with Gasteiger partial charge in [0, 0.05) is 20.2 Å². The summed E-state index contributed by atoms with van der Waals surface area (Å²) in [6.07, 6.45) is 0. The van der Waals surface area contributed by atoms with Crippen molar-refractivity contribution >= 4 is 74.6 Å². The number of hydrogen-bond donors (Lipinski definition) is 0. The molecule has 0 amide bonds. The molecule has 5 rings (SSSR count). The molecule has 0 spiro atoms. The Morgan fingerprint density at radius 2 is 0.880 bits per heavy atom. The second-order valence-corrected chi connectivity index (χ2v) is 10.3. The number of hydrogen-bond acceptors (Lipinski definition) is 5. The maximum atomic E-state index is 4.81. The van der Waals surface area contributed by atoms with E-state index in [1.807, 2.05) is 34.0 Å². The summed E-state index contributed by atoms with van der Waals surface area (Å²) in [4.78, 5) is 9.62. The molecule has 5 aromatic rings.